The topological polar surface area (TPSA) is 36.4 Å². The number of piperidine rings is 1. The van der Waals surface area contributed by atoms with E-state index in [4.69, 9.17) is 0 Å². The van der Waals surface area contributed by atoms with Crippen molar-refractivity contribution in [2.45, 2.75) is 39.7 Å². The zero-order valence-electron chi connectivity index (χ0n) is 16.0. The Morgan fingerprint density at radius 1 is 1.22 bits per heavy atom. The van der Waals surface area contributed by atoms with E-state index >= 15 is 0 Å². The van der Waals surface area contributed by atoms with Gasteiger partial charge in [-0.05, 0) is 45.0 Å². The summed E-state index contributed by atoms with van der Waals surface area (Å²) in [6.45, 7) is 9.45. The van der Waals surface area contributed by atoms with E-state index in [1.807, 2.05) is 4.90 Å². The third-order valence-electron chi connectivity index (χ3n) is 5.25. The normalized spacial score (nSPS) is 15.6. The summed E-state index contributed by atoms with van der Waals surface area (Å²) in [6, 6.07) is 4.24. The number of aromatic nitrogens is 1. The monoisotopic (exact) mass is 393 g/mol. The predicted octanol–water partition coefficient (Wildman–Crippen LogP) is 4.34. The Labute approximate surface area is 162 Å². The lowest BCUT2D eigenvalue weighted by Crippen LogP contribution is -2.46. The van der Waals surface area contributed by atoms with Crippen molar-refractivity contribution in [1.82, 2.24) is 14.8 Å². The number of likely N-dealkylation sites (tertiary alicyclic amines) is 1. The number of benzene rings is 1. The van der Waals surface area contributed by atoms with Crippen molar-refractivity contribution < 1.29 is 13.6 Å². The molecule has 0 spiro atoms. The van der Waals surface area contributed by atoms with Crippen LogP contribution in [-0.2, 0) is 0 Å². The van der Waals surface area contributed by atoms with E-state index in [-0.39, 0.29) is 16.5 Å². The van der Waals surface area contributed by atoms with Crippen molar-refractivity contribution in [3.8, 4) is 10.6 Å². The highest BCUT2D eigenvalue weighted by Gasteiger charge is 2.29. The quantitative estimate of drug-likeness (QED) is 0.758. The molecule has 1 amide bonds. The standard InChI is InChI=1S/C20H25F2N3OS/c1-4-24(5-2)14-9-11-25(12-10-14)20(26)18-13(3)23-19(27-18)17-15(21)7-6-8-16(17)22/h6-8,14H,4-5,9-12H2,1-3H3. The summed E-state index contributed by atoms with van der Waals surface area (Å²) in [7, 11) is 0. The number of halogens is 2. The maximum absolute atomic E-state index is 14.0. The molecule has 1 saturated heterocycles. The van der Waals surface area contributed by atoms with Crippen LogP contribution in [0.15, 0.2) is 18.2 Å². The highest BCUT2D eigenvalue weighted by atomic mass is 32.1. The molecule has 2 heterocycles. The summed E-state index contributed by atoms with van der Waals surface area (Å²) in [5, 5.41) is 0.212. The number of hydrogen-bond acceptors (Lipinski definition) is 4. The minimum absolute atomic E-state index is 0.0917. The van der Waals surface area contributed by atoms with Crippen molar-refractivity contribution in [1.29, 1.82) is 0 Å². The third kappa shape index (κ3) is 4.04. The number of carbonyl (C=O) groups excluding carboxylic acids is 1. The minimum Gasteiger partial charge on any atom is -0.338 e. The molecule has 0 N–H and O–H groups in total. The first-order valence-electron chi connectivity index (χ1n) is 9.41. The predicted molar refractivity (Wildman–Crippen MR) is 104 cm³/mol. The van der Waals surface area contributed by atoms with Crippen LogP contribution in [0.2, 0.25) is 0 Å². The molecule has 1 aliphatic heterocycles. The first-order valence-corrected chi connectivity index (χ1v) is 10.2. The summed E-state index contributed by atoms with van der Waals surface area (Å²) >= 11 is 1.07. The number of thiazole rings is 1. The van der Waals surface area contributed by atoms with Gasteiger partial charge in [0.25, 0.3) is 5.91 Å². The number of aryl methyl sites for hydroxylation is 1. The molecule has 1 aliphatic rings. The van der Waals surface area contributed by atoms with E-state index in [0.29, 0.717) is 29.7 Å². The lowest BCUT2D eigenvalue weighted by Gasteiger charge is -2.37. The minimum atomic E-state index is -0.664. The fourth-order valence-electron chi connectivity index (χ4n) is 3.72. The van der Waals surface area contributed by atoms with Crippen molar-refractivity contribution in [3.63, 3.8) is 0 Å². The second-order valence-electron chi connectivity index (χ2n) is 6.77. The highest BCUT2D eigenvalue weighted by molar-refractivity contribution is 7.17. The molecule has 0 unspecified atom stereocenters. The van der Waals surface area contributed by atoms with Crippen molar-refractivity contribution >= 4 is 17.2 Å². The molecule has 27 heavy (non-hydrogen) atoms. The van der Waals surface area contributed by atoms with Gasteiger partial charge in [-0.15, -0.1) is 11.3 Å². The van der Waals surface area contributed by atoms with Crippen LogP contribution in [0.4, 0.5) is 8.78 Å². The molecule has 4 nitrogen and oxygen atoms in total. The molecule has 0 bridgehead atoms. The maximum atomic E-state index is 14.0. The van der Waals surface area contributed by atoms with Gasteiger partial charge in [0.2, 0.25) is 0 Å². The molecule has 146 valence electrons. The Morgan fingerprint density at radius 3 is 2.37 bits per heavy atom. The largest absolute Gasteiger partial charge is 0.338 e. The molecule has 0 aliphatic carbocycles. The summed E-state index contributed by atoms with van der Waals surface area (Å²) in [5.41, 5.74) is 0.360. The van der Waals surface area contributed by atoms with Gasteiger partial charge >= 0.3 is 0 Å². The van der Waals surface area contributed by atoms with Gasteiger partial charge < -0.3 is 9.80 Å². The fourth-order valence-corrected chi connectivity index (χ4v) is 4.80. The second kappa shape index (κ2) is 8.44. The summed E-state index contributed by atoms with van der Waals surface area (Å²) in [6.07, 6.45) is 1.89. The smallest absolute Gasteiger partial charge is 0.265 e. The van der Waals surface area contributed by atoms with Gasteiger partial charge in [-0.25, -0.2) is 13.8 Å². The molecule has 1 aromatic carbocycles. The molecule has 1 fully saturated rings. The maximum Gasteiger partial charge on any atom is 0.265 e. The zero-order chi connectivity index (χ0) is 19.6. The van der Waals surface area contributed by atoms with Crippen LogP contribution < -0.4 is 0 Å². The Morgan fingerprint density at radius 2 is 1.81 bits per heavy atom. The molecular formula is C20H25F2N3OS. The summed E-state index contributed by atoms with van der Waals surface area (Å²) < 4.78 is 28.1. The number of nitrogens with zero attached hydrogens (tertiary/aromatic N) is 3. The average Bonchev–Trinajstić information content (AvgIpc) is 3.04. The fraction of sp³-hybridized carbons (Fsp3) is 0.500. The van der Waals surface area contributed by atoms with E-state index in [9.17, 15) is 13.6 Å². The zero-order valence-corrected chi connectivity index (χ0v) is 16.8. The Balaban J connectivity index is 1.76. The van der Waals surface area contributed by atoms with Gasteiger partial charge in [0.15, 0.2) is 0 Å². The van der Waals surface area contributed by atoms with E-state index in [0.717, 1.165) is 37.3 Å². The molecular weight excluding hydrogens is 368 g/mol. The SMILES string of the molecule is CCN(CC)C1CCN(C(=O)c2sc(-c3c(F)cccc3F)nc2C)CC1. The van der Waals surface area contributed by atoms with Crippen LogP contribution >= 0.6 is 11.3 Å². The van der Waals surface area contributed by atoms with E-state index < -0.39 is 11.6 Å². The lowest BCUT2D eigenvalue weighted by molar-refractivity contribution is 0.0635. The number of amides is 1. The number of carbonyl (C=O) groups is 1. The molecule has 2 aromatic rings. The number of hydrogen-bond donors (Lipinski definition) is 0. The van der Waals surface area contributed by atoms with E-state index in [2.05, 4.69) is 23.7 Å². The molecule has 0 saturated carbocycles. The molecule has 1 aromatic heterocycles. The van der Waals surface area contributed by atoms with Crippen LogP contribution in [-0.4, -0.2) is 52.9 Å². The molecule has 0 atom stereocenters. The van der Waals surface area contributed by atoms with Crippen LogP contribution in [0, 0.1) is 18.6 Å². The van der Waals surface area contributed by atoms with Crippen LogP contribution in [0.3, 0.4) is 0 Å². The Bertz CT molecular complexity index is 791. The summed E-state index contributed by atoms with van der Waals surface area (Å²) in [5.74, 6) is -1.42. The molecule has 0 radical (unpaired) electrons. The van der Waals surface area contributed by atoms with Crippen LogP contribution in [0.5, 0.6) is 0 Å². The average molecular weight is 394 g/mol. The van der Waals surface area contributed by atoms with Gasteiger partial charge in [0, 0.05) is 19.1 Å². The molecule has 7 heteroatoms. The molecule has 3 rings (SSSR count). The van der Waals surface area contributed by atoms with Gasteiger partial charge in [-0.3, -0.25) is 4.79 Å². The highest BCUT2D eigenvalue weighted by Crippen LogP contribution is 2.33. The third-order valence-corrected chi connectivity index (χ3v) is 6.41. The van der Waals surface area contributed by atoms with Crippen LogP contribution in [0.25, 0.3) is 10.6 Å². The summed E-state index contributed by atoms with van der Waals surface area (Å²) in [4.78, 5) is 21.9. The van der Waals surface area contributed by atoms with Gasteiger partial charge in [-0.2, -0.15) is 0 Å². The first kappa shape index (κ1) is 19.9. The van der Waals surface area contributed by atoms with Crippen LogP contribution in [0.1, 0.15) is 42.1 Å². The first-order chi connectivity index (χ1) is 13.0. The van der Waals surface area contributed by atoms with E-state index in [1.54, 1.807) is 6.92 Å². The number of rotatable bonds is 5. The Hall–Kier alpha value is -1.86. The van der Waals surface area contributed by atoms with Gasteiger partial charge in [0.05, 0.1) is 11.3 Å². The van der Waals surface area contributed by atoms with Gasteiger partial charge in [0.1, 0.15) is 21.5 Å². The lowest BCUT2D eigenvalue weighted by atomic mass is 10.0. The van der Waals surface area contributed by atoms with Crippen molar-refractivity contribution in [3.05, 3.63) is 40.4 Å². The van der Waals surface area contributed by atoms with Crippen molar-refractivity contribution in [2.75, 3.05) is 26.2 Å². The van der Waals surface area contributed by atoms with Crippen molar-refractivity contribution in [2.24, 2.45) is 0 Å². The Kier molecular flexibility index (Phi) is 6.22. The van der Waals surface area contributed by atoms with E-state index in [1.165, 1.54) is 18.2 Å². The van der Waals surface area contributed by atoms with Gasteiger partial charge in [-0.1, -0.05) is 19.9 Å². The second-order valence-corrected chi connectivity index (χ2v) is 7.77.